The van der Waals surface area contributed by atoms with Gasteiger partial charge in [-0.25, -0.2) is 0 Å². The molecule has 1 aliphatic heterocycles. The molecule has 5 nitrogen and oxygen atoms in total. The van der Waals surface area contributed by atoms with Gasteiger partial charge in [0.05, 0.1) is 25.1 Å². The summed E-state index contributed by atoms with van der Waals surface area (Å²) in [5, 5.41) is 5.38. The molecule has 1 fully saturated rings. The molecule has 3 aromatic carbocycles. The summed E-state index contributed by atoms with van der Waals surface area (Å²) < 4.78 is 5.30. The van der Waals surface area contributed by atoms with E-state index in [1.54, 1.807) is 0 Å². The molecule has 1 N–H and O–H groups in total. The van der Waals surface area contributed by atoms with E-state index in [4.69, 9.17) is 21.4 Å². The van der Waals surface area contributed by atoms with Crippen molar-refractivity contribution in [3.63, 3.8) is 0 Å². The monoisotopic (exact) mass is 433 g/mol. The largest absolute Gasteiger partial charge is 0.468 e. The van der Waals surface area contributed by atoms with Crippen LogP contribution in [0.4, 0.5) is 11.4 Å². The highest BCUT2D eigenvalue weighted by Crippen LogP contribution is 2.37. The molecular weight excluding hydrogens is 410 g/mol. The van der Waals surface area contributed by atoms with E-state index in [-0.39, 0.29) is 5.97 Å². The Morgan fingerprint density at radius 1 is 1.03 bits per heavy atom. The lowest BCUT2D eigenvalue weighted by atomic mass is 9.79. The standard InChI is InChI=1S/C25H24ClN3O2/c1-31-24(30)25(16-19-8-4-2-5-9-19)18-29(22-14-12-20(26)13-15-22)17-23(25)28-27-21-10-6-3-7-11-21/h2-15,27H,16-18H2,1H3/b28-23-/t25-/m0/s1. The Morgan fingerprint density at radius 3 is 2.32 bits per heavy atom. The van der Waals surface area contributed by atoms with E-state index in [0.717, 1.165) is 22.6 Å². The van der Waals surface area contributed by atoms with E-state index >= 15 is 0 Å². The molecular formula is C25H24ClN3O2. The Balaban J connectivity index is 1.74. The highest BCUT2D eigenvalue weighted by molar-refractivity contribution is 6.30. The van der Waals surface area contributed by atoms with Crippen LogP contribution in [0.25, 0.3) is 0 Å². The summed E-state index contributed by atoms with van der Waals surface area (Å²) in [5.74, 6) is -0.290. The van der Waals surface area contributed by atoms with Gasteiger partial charge in [-0.05, 0) is 48.4 Å². The number of nitrogens with zero attached hydrogens (tertiary/aromatic N) is 2. The number of para-hydroxylation sites is 1. The predicted octanol–water partition coefficient (Wildman–Crippen LogP) is 5.03. The Hall–Kier alpha value is -3.31. The van der Waals surface area contributed by atoms with E-state index in [2.05, 4.69) is 10.3 Å². The number of hydrogen-bond acceptors (Lipinski definition) is 5. The van der Waals surface area contributed by atoms with Crippen molar-refractivity contribution in [2.45, 2.75) is 6.42 Å². The molecule has 1 aliphatic rings. The fourth-order valence-corrected chi connectivity index (χ4v) is 4.10. The fourth-order valence-electron chi connectivity index (χ4n) is 3.98. The summed E-state index contributed by atoms with van der Waals surface area (Å²) in [7, 11) is 1.43. The van der Waals surface area contributed by atoms with E-state index in [9.17, 15) is 4.79 Å². The second-order valence-electron chi connectivity index (χ2n) is 7.60. The van der Waals surface area contributed by atoms with Crippen LogP contribution < -0.4 is 10.3 Å². The maximum absolute atomic E-state index is 13.2. The van der Waals surface area contributed by atoms with Gasteiger partial charge >= 0.3 is 5.97 Å². The number of ether oxygens (including phenoxy) is 1. The van der Waals surface area contributed by atoms with Crippen molar-refractivity contribution in [2.75, 3.05) is 30.5 Å². The predicted molar refractivity (Wildman–Crippen MR) is 126 cm³/mol. The third-order valence-corrected chi connectivity index (χ3v) is 5.82. The number of hydrogen-bond donors (Lipinski definition) is 1. The van der Waals surface area contributed by atoms with Gasteiger partial charge in [0.1, 0.15) is 5.41 Å². The zero-order chi connectivity index (χ0) is 21.7. The average molecular weight is 434 g/mol. The molecule has 6 heteroatoms. The zero-order valence-corrected chi connectivity index (χ0v) is 18.0. The number of halogens is 1. The van der Waals surface area contributed by atoms with Crippen LogP contribution in [-0.4, -0.2) is 31.9 Å². The smallest absolute Gasteiger partial charge is 0.319 e. The highest BCUT2D eigenvalue weighted by Gasteiger charge is 2.51. The maximum Gasteiger partial charge on any atom is 0.319 e. The molecule has 1 heterocycles. The topological polar surface area (TPSA) is 53.9 Å². The van der Waals surface area contributed by atoms with E-state index < -0.39 is 5.41 Å². The number of esters is 1. The van der Waals surface area contributed by atoms with Gasteiger partial charge in [-0.15, -0.1) is 0 Å². The summed E-state index contributed by atoms with van der Waals surface area (Å²) in [4.78, 5) is 15.4. The summed E-state index contributed by atoms with van der Waals surface area (Å²) in [6, 6.07) is 27.3. The van der Waals surface area contributed by atoms with Gasteiger partial charge in [0.15, 0.2) is 0 Å². The lowest BCUT2D eigenvalue weighted by Gasteiger charge is -2.27. The minimum absolute atomic E-state index is 0.290. The first-order valence-electron chi connectivity index (χ1n) is 10.1. The van der Waals surface area contributed by atoms with Crippen LogP contribution in [0.15, 0.2) is 90.0 Å². The molecule has 1 saturated heterocycles. The number of rotatable bonds is 6. The molecule has 3 aromatic rings. The first-order chi connectivity index (χ1) is 15.1. The number of nitrogens with one attached hydrogen (secondary N) is 1. The third kappa shape index (κ3) is 4.57. The number of anilines is 2. The second-order valence-corrected chi connectivity index (χ2v) is 8.04. The molecule has 0 aliphatic carbocycles. The molecule has 0 aromatic heterocycles. The van der Waals surface area contributed by atoms with Crippen molar-refractivity contribution in [2.24, 2.45) is 10.5 Å². The molecule has 0 amide bonds. The number of methoxy groups -OCH3 is 1. The lowest BCUT2D eigenvalue weighted by Crippen LogP contribution is -2.43. The molecule has 158 valence electrons. The van der Waals surface area contributed by atoms with Gasteiger partial charge in [-0.1, -0.05) is 60.1 Å². The summed E-state index contributed by atoms with van der Waals surface area (Å²) >= 11 is 6.07. The van der Waals surface area contributed by atoms with Crippen LogP contribution in [-0.2, 0) is 16.0 Å². The van der Waals surface area contributed by atoms with Gasteiger partial charge in [-0.3, -0.25) is 10.2 Å². The SMILES string of the molecule is COC(=O)[C@@]1(Cc2ccccc2)CN(c2ccc(Cl)cc2)C/C1=N/Nc1ccccc1. The second kappa shape index (κ2) is 9.23. The van der Waals surface area contributed by atoms with E-state index in [1.165, 1.54) is 7.11 Å². The van der Waals surface area contributed by atoms with Crippen molar-refractivity contribution in [3.8, 4) is 0 Å². The molecule has 0 bridgehead atoms. The van der Waals surface area contributed by atoms with Crippen LogP contribution in [0.2, 0.25) is 5.02 Å². The molecule has 0 unspecified atom stereocenters. The van der Waals surface area contributed by atoms with Crippen LogP contribution in [0, 0.1) is 5.41 Å². The Labute approximate surface area is 187 Å². The van der Waals surface area contributed by atoms with Crippen molar-refractivity contribution < 1.29 is 9.53 Å². The molecule has 31 heavy (non-hydrogen) atoms. The average Bonchev–Trinajstić information content (AvgIpc) is 3.18. The molecule has 0 spiro atoms. The van der Waals surface area contributed by atoms with Crippen molar-refractivity contribution in [1.82, 2.24) is 0 Å². The first-order valence-corrected chi connectivity index (χ1v) is 10.5. The van der Waals surface area contributed by atoms with Gasteiger partial charge in [0.25, 0.3) is 0 Å². The quantitative estimate of drug-likeness (QED) is 0.437. The maximum atomic E-state index is 13.2. The number of carbonyl (C=O) groups is 1. The van der Waals surface area contributed by atoms with Gasteiger partial charge in [-0.2, -0.15) is 5.10 Å². The minimum Gasteiger partial charge on any atom is -0.468 e. The normalized spacial score (nSPS) is 19.4. The van der Waals surface area contributed by atoms with Crippen LogP contribution in [0.3, 0.4) is 0 Å². The molecule has 0 radical (unpaired) electrons. The van der Waals surface area contributed by atoms with E-state index in [0.29, 0.717) is 24.5 Å². The Kier molecular flexibility index (Phi) is 6.23. The summed E-state index contributed by atoms with van der Waals surface area (Å²) in [6.45, 7) is 0.967. The highest BCUT2D eigenvalue weighted by atomic mass is 35.5. The number of benzene rings is 3. The molecule has 4 rings (SSSR count). The lowest BCUT2D eigenvalue weighted by molar-refractivity contribution is -0.147. The van der Waals surface area contributed by atoms with Crippen LogP contribution >= 0.6 is 11.6 Å². The van der Waals surface area contributed by atoms with Crippen molar-refractivity contribution in [1.29, 1.82) is 0 Å². The van der Waals surface area contributed by atoms with Crippen LogP contribution in [0.5, 0.6) is 0 Å². The van der Waals surface area contributed by atoms with Crippen LogP contribution in [0.1, 0.15) is 5.56 Å². The van der Waals surface area contributed by atoms with E-state index in [1.807, 2.05) is 84.9 Å². The zero-order valence-electron chi connectivity index (χ0n) is 17.3. The van der Waals surface area contributed by atoms with Gasteiger partial charge in [0.2, 0.25) is 0 Å². The minimum atomic E-state index is -0.905. The summed E-state index contributed by atoms with van der Waals surface area (Å²) in [5.41, 5.74) is 5.85. The van der Waals surface area contributed by atoms with Gasteiger partial charge in [0, 0.05) is 17.3 Å². The third-order valence-electron chi connectivity index (χ3n) is 5.56. The van der Waals surface area contributed by atoms with Crippen molar-refractivity contribution >= 4 is 34.7 Å². The summed E-state index contributed by atoms with van der Waals surface area (Å²) in [6.07, 6.45) is 0.500. The van der Waals surface area contributed by atoms with Gasteiger partial charge < -0.3 is 9.64 Å². The Morgan fingerprint density at radius 2 is 1.68 bits per heavy atom. The first kappa shape index (κ1) is 20.9. The fraction of sp³-hybridized carbons (Fsp3) is 0.200. The van der Waals surface area contributed by atoms with Crippen molar-refractivity contribution in [3.05, 3.63) is 95.5 Å². The number of hydrazone groups is 1. The molecule has 0 saturated carbocycles. The number of carbonyl (C=O) groups excluding carboxylic acids is 1. The Bertz CT molecular complexity index is 1060. The molecule has 1 atom stereocenters.